The molecule has 50 valence electrons. The lowest BCUT2D eigenvalue weighted by Crippen LogP contribution is -2.33. The van der Waals surface area contributed by atoms with Gasteiger partial charge in [-0.3, -0.25) is 0 Å². The minimum absolute atomic E-state index is 0.922. The molecule has 2 aliphatic rings. The van der Waals surface area contributed by atoms with Crippen molar-refractivity contribution in [2.45, 2.75) is 12.8 Å². The van der Waals surface area contributed by atoms with Crippen LogP contribution >= 0.6 is 0 Å². The molecule has 0 aromatic rings. The van der Waals surface area contributed by atoms with Crippen molar-refractivity contribution in [1.82, 2.24) is 5.32 Å². The summed E-state index contributed by atoms with van der Waals surface area (Å²) in [4.78, 5) is 0. The monoisotopic (exact) mass is 123 g/mol. The van der Waals surface area contributed by atoms with Gasteiger partial charge in [-0.1, -0.05) is 12.2 Å². The molecule has 9 heavy (non-hydrogen) atoms. The van der Waals surface area contributed by atoms with Crippen LogP contribution in [0.4, 0.5) is 0 Å². The van der Waals surface area contributed by atoms with Crippen LogP contribution in [0.1, 0.15) is 12.8 Å². The van der Waals surface area contributed by atoms with Crippen LogP contribution in [-0.4, -0.2) is 13.1 Å². The van der Waals surface area contributed by atoms with E-state index in [1.807, 2.05) is 0 Å². The number of fused-ring (bicyclic) bond motifs is 1. The van der Waals surface area contributed by atoms with Gasteiger partial charge in [-0.15, -0.1) is 0 Å². The van der Waals surface area contributed by atoms with Gasteiger partial charge in [0, 0.05) is 0 Å². The molecule has 2 atom stereocenters. The fraction of sp³-hybridized carbons (Fsp3) is 0.750. The Morgan fingerprint density at radius 1 is 1.44 bits per heavy atom. The molecule has 1 heterocycles. The van der Waals surface area contributed by atoms with E-state index in [0.717, 1.165) is 11.8 Å². The second kappa shape index (κ2) is 2.14. The molecule has 0 spiro atoms. The molecule has 2 rings (SSSR count). The fourth-order valence-electron chi connectivity index (χ4n) is 1.88. The van der Waals surface area contributed by atoms with E-state index in [2.05, 4.69) is 17.5 Å². The van der Waals surface area contributed by atoms with Gasteiger partial charge >= 0.3 is 0 Å². The average molecular weight is 123 g/mol. The van der Waals surface area contributed by atoms with Crippen molar-refractivity contribution in [3.63, 3.8) is 0 Å². The third-order valence-electron chi connectivity index (χ3n) is 2.49. The topological polar surface area (TPSA) is 12.0 Å². The van der Waals surface area contributed by atoms with E-state index in [9.17, 15) is 0 Å². The maximum absolute atomic E-state index is 3.42. The van der Waals surface area contributed by atoms with E-state index in [1.54, 1.807) is 0 Å². The van der Waals surface area contributed by atoms with Gasteiger partial charge in [0.25, 0.3) is 0 Å². The lowest BCUT2D eigenvalue weighted by Gasteiger charge is -2.25. The van der Waals surface area contributed by atoms with Gasteiger partial charge in [0.15, 0.2) is 0 Å². The first-order chi connectivity index (χ1) is 4.47. The third kappa shape index (κ3) is 0.897. The van der Waals surface area contributed by atoms with Crippen molar-refractivity contribution in [1.29, 1.82) is 0 Å². The van der Waals surface area contributed by atoms with E-state index in [-0.39, 0.29) is 0 Å². The Balaban J connectivity index is 2.03. The largest absolute Gasteiger partial charge is 0.316 e. The van der Waals surface area contributed by atoms with Crippen LogP contribution in [0.25, 0.3) is 0 Å². The van der Waals surface area contributed by atoms with Crippen molar-refractivity contribution in [2.75, 3.05) is 13.1 Å². The lowest BCUT2D eigenvalue weighted by molar-refractivity contribution is 0.323. The third-order valence-corrected chi connectivity index (χ3v) is 2.49. The summed E-state index contributed by atoms with van der Waals surface area (Å²) in [6.45, 7) is 2.48. The van der Waals surface area contributed by atoms with Gasteiger partial charge < -0.3 is 5.32 Å². The minimum Gasteiger partial charge on any atom is -0.316 e. The van der Waals surface area contributed by atoms with Crippen LogP contribution in [0.3, 0.4) is 0 Å². The highest BCUT2D eigenvalue weighted by Gasteiger charge is 2.24. The molecule has 1 heteroatoms. The summed E-state index contributed by atoms with van der Waals surface area (Å²) in [7, 11) is 0. The highest BCUT2D eigenvalue weighted by molar-refractivity contribution is 5.03. The van der Waals surface area contributed by atoms with Crippen molar-refractivity contribution in [2.24, 2.45) is 11.8 Å². The first-order valence-electron chi connectivity index (χ1n) is 3.84. The molecule has 1 aliphatic heterocycles. The maximum atomic E-state index is 3.42. The van der Waals surface area contributed by atoms with Crippen LogP contribution in [0, 0.1) is 11.8 Å². The summed E-state index contributed by atoms with van der Waals surface area (Å²) in [6.07, 6.45) is 7.41. The summed E-state index contributed by atoms with van der Waals surface area (Å²) in [5.74, 6) is 1.87. The number of hydrogen-bond acceptors (Lipinski definition) is 1. The van der Waals surface area contributed by atoms with Gasteiger partial charge in [-0.2, -0.15) is 0 Å². The predicted molar refractivity (Wildman–Crippen MR) is 38.2 cm³/mol. The standard InChI is InChI=1S/C8H13N/c1-2-7-4-5-9-6-8(7)3-1/h1-2,7-9H,3-6H2. The Hall–Kier alpha value is -0.300. The van der Waals surface area contributed by atoms with Crippen molar-refractivity contribution in [3.05, 3.63) is 12.2 Å². The Morgan fingerprint density at radius 2 is 2.44 bits per heavy atom. The maximum Gasteiger partial charge on any atom is -0.00119 e. The smallest absolute Gasteiger partial charge is 0.00119 e. The first kappa shape index (κ1) is 5.48. The molecule has 0 radical (unpaired) electrons. The highest BCUT2D eigenvalue weighted by atomic mass is 14.9. The predicted octanol–water partition coefficient (Wildman–Crippen LogP) is 1.17. The summed E-state index contributed by atoms with van der Waals surface area (Å²) < 4.78 is 0. The molecule has 0 aromatic carbocycles. The number of piperidine rings is 1. The number of allylic oxidation sites excluding steroid dienone is 2. The molecule has 1 N–H and O–H groups in total. The normalized spacial score (nSPS) is 40.9. The summed E-state index contributed by atoms with van der Waals surface area (Å²) >= 11 is 0. The van der Waals surface area contributed by atoms with Gasteiger partial charge in [-0.05, 0) is 37.8 Å². The zero-order valence-corrected chi connectivity index (χ0v) is 5.64. The Bertz CT molecular complexity index is 129. The van der Waals surface area contributed by atoms with E-state index >= 15 is 0 Å². The summed E-state index contributed by atoms with van der Waals surface area (Å²) in [5.41, 5.74) is 0. The highest BCUT2D eigenvalue weighted by Crippen LogP contribution is 2.29. The Labute approximate surface area is 56.1 Å². The van der Waals surface area contributed by atoms with Crippen molar-refractivity contribution < 1.29 is 0 Å². The summed E-state index contributed by atoms with van der Waals surface area (Å²) in [6, 6.07) is 0. The fourth-order valence-corrected chi connectivity index (χ4v) is 1.88. The molecular formula is C8H13N. The molecule has 0 saturated carbocycles. The quantitative estimate of drug-likeness (QED) is 0.477. The number of hydrogen-bond donors (Lipinski definition) is 1. The minimum atomic E-state index is 0.922. The molecule has 0 aromatic heterocycles. The number of nitrogens with one attached hydrogen (secondary N) is 1. The van der Waals surface area contributed by atoms with Gasteiger partial charge in [0.1, 0.15) is 0 Å². The van der Waals surface area contributed by atoms with Crippen LogP contribution < -0.4 is 5.32 Å². The molecule has 0 amide bonds. The second-order valence-electron chi connectivity index (χ2n) is 3.08. The Morgan fingerprint density at radius 3 is 3.33 bits per heavy atom. The van der Waals surface area contributed by atoms with Gasteiger partial charge in [-0.25, -0.2) is 0 Å². The SMILES string of the molecule is C1=CC2CCNCC2C1. The Kier molecular flexibility index (Phi) is 1.31. The van der Waals surface area contributed by atoms with Gasteiger partial charge in [0.05, 0.1) is 0 Å². The number of rotatable bonds is 0. The zero-order chi connectivity index (χ0) is 6.10. The second-order valence-corrected chi connectivity index (χ2v) is 3.08. The van der Waals surface area contributed by atoms with Crippen molar-refractivity contribution in [3.8, 4) is 0 Å². The first-order valence-corrected chi connectivity index (χ1v) is 3.84. The van der Waals surface area contributed by atoms with Crippen LogP contribution in [0.15, 0.2) is 12.2 Å². The van der Waals surface area contributed by atoms with E-state index in [1.165, 1.54) is 25.9 Å². The average Bonchev–Trinajstić information content (AvgIpc) is 2.33. The van der Waals surface area contributed by atoms with Crippen LogP contribution in [0.2, 0.25) is 0 Å². The van der Waals surface area contributed by atoms with Gasteiger partial charge in [0.2, 0.25) is 0 Å². The van der Waals surface area contributed by atoms with Crippen LogP contribution in [-0.2, 0) is 0 Å². The zero-order valence-electron chi connectivity index (χ0n) is 5.64. The molecule has 1 aliphatic carbocycles. The van der Waals surface area contributed by atoms with E-state index in [4.69, 9.17) is 0 Å². The molecule has 1 fully saturated rings. The molecular weight excluding hydrogens is 110 g/mol. The van der Waals surface area contributed by atoms with E-state index < -0.39 is 0 Å². The lowest BCUT2D eigenvalue weighted by atomic mass is 9.90. The summed E-state index contributed by atoms with van der Waals surface area (Å²) in [5, 5.41) is 3.42. The molecule has 1 nitrogen and oxygen atoms in total. The molecule has 1 saturated heterocycles. The molecule has 2 unspecified atom stereocenters. The van der Waals surface area contributed by atoms with E-state index in [0.29, 0.717) is 0 Å². The van der Waals surface area contributed by atoms with Crippen molar-refractivity contribution >= 4 is 0 Å². The molecule has 0 bridgehead atoms. The van der Waals surface area contributed by atoms with Crippen LogP contribution in [0.5, 0.6) is 0 Å².